The number of hydrogen-bond donors (Lipinski definition) is 2. The van der Waals surface area contributed by atoms with Crippen LogP contribution in [0.15, 0.2) is 58.3 Å². The smallest absolute Gasteiger partial charge is 0.337 e. The lowest BCUT2D eigenvalue weighted by Gasteiger charge is -2.22. The van der Waals surface area contributed by atoms with Gasteiger partial charge in [0.25, 0.3) is 11.8 Å². The number of thioether (sulfide) groups is 2. The van der Waals surface area contributed by atoms with E-state index in [4.69, 9.17) is 0 Å². The van der Waals surface area contributed by atoms with Gasteiger partial charge in [-0.05, 0) is 24.3 Å². The summed E-state index contributed by atoms with van der Waals surface area (Å²) in [5, 5.41) is 17.0. The van der Waals surface area contributed by atoms with Crippen LogP contribution in [0.4, 0.5) is 0 Å². The molecular weight excluding hydrogens is 517 g/mol. The SMILES string of the molecule is O=C(O)C1SCCN1C(=O)c1ccccc1SSc1ccccc1C(=O)N1CCSC1C(=O)O. The highest BCUT2D eigenvalue weighted by molar-refractivity contribution is 8.76. The van der Waals surface area contributed by atoms with Crippen LogP contribution < -0.4 is 0 Å². The number of carbonyl (C=O) groups excluding carboxylic acids is 2. The van der Waals surface area contributed by atoms with Gasteiger partial charge in [-0.1, -0.05) is 45.9 Å². The van der Waals surface area contributed by atoms with Crippen LogP contribution in [0.1, 0.15) is 20.7 Å². The Balaban J connectivity index is 1.54. The van der Waals surface area contributed by atoms with E-state index < -0.39 is 22.7 Å². The molecule has 0 saturated carbocycles. The Kier molecular flexibility index (Phi) is 8.02. The summed E-state index contributed by atoms with van der Waals surface area (Å²) in [4.78, 5) is 53.4. The summed E-state index contributed by atoms with van der Waals surface area (Å²) in [6.45, 7) is 0.727. The van der Waals surface area contributed by atoms with Crippen LogP contribution in [0.5, 0.6) is 0 Å². The van der Waals surface area contributed by atoms with E-state index >= 15 is 0 Å². The molecule has 0 spiro atoms. The normalized spacial score (nSPS) is 19.9. The van der Waals surface area contributed by atoms with E-state index in [0.29, 0.717) is 45.5 Å². The molecule has 2 N–H and O–H groups in total. The van der Waals surface area contributed by atoms with E-state index in [1.54, 1.807) is 48.5 Å². The molecule has 0 aromatic heterocycles. The van der Waals surface area contributed by atoms with Gasteiger partial charge in [-0.3, -0.25) is 9.59 Å². The number of aliphatic carboxylic acids is 2. The van der Waals surface area contributed by atoms with Crippen molar-refractivity contribution >= 4 is 68.9 Å². The van der Waals surface area contributed by atoms with Gasteiger partial charge in [0.15, 0.2) is 10.7 Å². The first-order valence-corrected chi connectivity index (χ1v) is 14.5. The molecule has 2 aliphatic rings. The molecule has 2 aliphatic heterocycles. The van der Waals surface area contributed by atoms with E-state index in [2.05, 4.69) is 0 Å². The topological polar surface area (TPSA) is 115 Å². The average Bonchev–Trinajstić information content (AvgIpc) is 3.52. The number of carbonyl (C=O) groups is 4. The Morgan fingerprint density at radius 3 is 1.47 bits per heavy atom. The number of benzene rings is 2. The van der Waals surface area contributed by atoms with Crippen LogP contribution in [-0.2, 0) is 9.59 Å². The van der Waals surface area contributed by atoms with Crippen molar-refractivity contribution in [3.05, 3.63) is 59.7 Å². The second kappa shape index (κ2) is 11.0. The lowest BCUT2D eigenvalue weighted by atomic mass is 10.2. The fraction of sp³-hybridized carbons (Fsp3) is 0.273. The molecule has 8 nitrogen and oxygen atoms in total. The number of hydrogen-bond acceptors (Lipinski definition) is 8. The van der Waals surface area contributed by atoms with Crippen LogP contribution in [-0.4, -0.2) is 79.1 Å². The number of carboxylic acid groups (broad SMARTS) is 2. The molecule has 0 aliphatic carbocycles. The Hall–Kier alpha value is -2.28. The second-order valence-corrected chi connectivity index (χ2v) is 11.9. The molecule has 178 valence electrons. The third-order valence-electron chi connectivity index (χ3n) is 5.18. The summed E-state index contributed by atoms with van der Waals surface area (Å²) in [6, 6.07) is 14.0. The van der Waals surface area contributed by atoms with Gasteiger partial charge in [-0.15, -0.1) is 23.5 Å². The van der Waals surface area contributed by atoms with Crippen molar-refractivity contribution in [1.82, 2.24) is 9.80 Å². The van der Waals surface area contributed by atoms with Crippen molar-refractivity contribution < 1.29 is 29.4 Å². The summed E-state index contributed by atoms with van der Waals surface area (Å²) >= 11 is 2.45. The van der Waals surface area contributed by atoms with Crippen LogP contribution in [0.2, 0.25) is 0 Å². The molecule has 2 saturated heterocycles. The summed E-state index contributed by atoms with van der Waals surface area (Å²) in [5.74, 6) is -1.64. The number of rotatable bonds is 7. The predicted molar refractivity (Wildman–Crippen MR) is 134 cm³/mol. The van der Waals surface area contributed by atoms with Gasteiger partial charge < -0.3 is 20.0 Å². The van der Waals surface area contributed by atoms with Crippen molar-refractivity contribution in [2.24, 2.45) is 0 Å². The summed E-state index contributed by atoms with van der Waals surface area (Å²) in [5.41, 5.74) is 0.805. The van der Waals surface area contributed by atoms with E-state index in [1.165, 1.54) is 54.9 Å². The maximum atomic E-state index is 13.2. The lowest BCUT2D eigenvalue weighted by Crippen LogP contribution is -2.39. The van der Waals surface area contributed by atoms with Gasteiger partial charge in [0.2, 0.25) is 0 Å². The molecule has 2 heterocycles. The number of amides is 2. The van der Waals surface area contributed by atoms with Crippen molar-refractivity contribution in [3.8, 4) is 0 Å². The molecular formula is C22H20N2O6S4. The van der Waals surface area contributed by atoms with Crippen molar-refractivity contribution in [3.63, 3.8) is 0 Å². The van der Waals surface area contributed by atoms with Crippen LogP contribution in [0, 0.1) is 0 Å². The highest BCUT2D eigenvalue weighted by Gasteiger charge is 2.37. The maximum absolute atomic E-state index is 13.2. The standard InChI is InChI=1S/C22H20N2O6S4/c25-17(23-9-11-31-19(23)21(27)28)13-5-1-3-7-15(13)33-34-16-8-4-2-6-14(16)18(26)24-10-12-32-20(24)22(29)30/h1-8,19-20H,9-12H2,(H,27,28)(H,29,30). The first-order chi connectivity index (χ1) is 16.4. The quantitative estimate of drug-likeness (QED) is 0.508. The summed E-state index contributed by atoms with van der Waals surface area (Å²) in [7, 11) is 2.60. The minimum absolute atomic E-state index is 0.344. The van der Waals surface area contributed by atoms with E-state index in [1.807, 2.05) is 0 Å². The molecule has 0 radical (unpaired) electrons. The average molecular weight is 537 g/mol. The van der Waals surface area contributed by atoms with Gasteiger partial charge in [-0.25, -0.2) is 9.59 Å². The van der Waals surface area contributed by atoms with E-state index in [0.717, 1.165) is 0 Å². The van der Waals surface area contributed by atoms with Crippen LogP contribution >= 0.6 is 45.1 Å². The number of nitrogens with zero attached hydrogens (tertiary/aromatic N) is 2. The highest BCUT2D eigenvalue weighted by atomic mass is 33.1. The molecule has 2 unspecified atom stereocenters. The van der Waals surface area contributed by atoms with Gasteiger partial charge >= 0.3 is 11.9 Å². The zero-order valence-electron chi connectivity index (χ0n) is 17.7. The Labute approximate surface area is 212 Å². The molecule has 12 heteroatoms. The monoisotopic (exact) mass is 536 g/mol. The van der Waals surface area contributed by atoms with Crippen molar-refractivity contribution in [2.45, 2.75) is 20.5 Å². The zero-order chi connectivity index (χ0) is 24.2. The van der Waals surface area contributed by atoms with Crippen molar-refractivity contribution in [1.29, 1.82) is 0 Å². The highest BCUT2D eigenvalue weighted by Crippen LogP contribution is 2.42. The fourth-order valence-electron chi connectivity index (χ4n) is 3.60. The van der Waals surface area contributed by atoms with Crippen LogP contribution in [0.25, 0.3) is 0 Å². The minimum atomic E-state index is -1.04. The molecule has 2 aromatic rings. The van der Waals surface area contributed by atoms with Crippen molar-refractivity contribution in [2.75, 3.05) is 24.6 Å². The van der Waals surface area contributed by atoms with Gasteiger partial charge in [0, 0.05) is 34.4 Å². The Morgan fingerprint density at radius 1 is 0.706 bits per heavy atom. The molecule has 4 rings (SSSR count). The molecule has 2 aromatic carbocycles. The first kappa shape index (κ1) is 24.8. The largest absolute Gasteiger partial charge is 0.479 e. The Bertz CT molecular complexity index is 1040. The third-order valence-corrected chi connectivity index (χ3v) is 10.0. The van der Waals surface area contributed by atoms with E-state index in [9.17, 15) is 29.4 Å². The number of carboxylic acids is 2. The maximum Gasteiger partial charge on any atom is 0.337 e. The molecule has 2 atom stereocenters. The Morgan fingerprint density at radius 2 is 1.09 bits per heavy atom. The van der Waals surface area contributed by atoms with Gasteiger partial charge in [0.1, 0.15) is 0 Å². The van der Waals surface area contributed by atoms with Crippen LogP contribution in [0.3, 0.4) is 0 Å². The minimum Gasteiger partial charge on any atom is -0.479 e. The second-order valence-electron chi connectivity index (χ2n) is 7.28. The summed E-state index contributed by atoms with van der Waals surface area (Å²) < 4.78 is 0. The molecule has 34 heavy (non-hydrogen) atoms. The summed E-state index contributed by atoms with van der Waals surface area (Å²) in [6.07, 6.45) is 0. The van der Waals surface area contributed by atoms with E-state index in [-0.39, 0.29) is 11.8 Å². The fourth-order valence-corrected chi connectivity index (χ4v) is 8.04. The van der Waals surface area contributed by atoms with Gasteiger partial charge in [-0.2, -0.15) is 0 Å². The molecule has 2 amide bonds. The predicted octanol–water partition coefficient (Wildman–Crippen LogP) is 3.69. The zero-order valence-corrected chi connectivity index (χ0v) is 20.9. The lowest BCUT2D eigenvalue weighted by molar-refractivity contribution is -0.139. The molecule has 2 fully saturated rings. The third kappa shape index (κ3) is 5.19. The molecule has 0 bridgehead atoms. The first-order valence-electron chi connectivity index (χ1n) is 10.2. The van der Waals surface area contributed by atoms with Gasteiger partial charge in [0.05, 0.1) is 11.1 Å².